The van der Waals surface area contributed by atoms with E-state index in [1.807, 2.05) is 24.3 Å². The average molecular weight is 500 g/mol. The summed E-state index contributed by atoms with van der Waals surface area (Å²) in [5.74, 6) is 2.10. The highest BCUT2D eigenvalue weighted by Crippen LogP contribution is 2.32. The van der Waals surface area contributed by atoms with Crippen molar-refractivity contribution in [3.63, 3.8) is 0 Å². The number of imidazole rings is 1. The fourth-order valence-corrected chi connectivity index (χ4v) is 5.25. The van der Waals surface area contributed by atoms with Gasteiger partial charge in [-0.25, -0.2) is 9.13 Å². The number of halogens is 2. The van der Waals surface area contributed by atoms with Gasteiger partial charge in [-0.1, -0.05) is 55.1 Å². The summed E-state index contributed by atoms with van der Waals surface area (Å²) < 4.78 is 4.50. The van der Waals surface area contributed by atoms with Gasteiger partial charge in [-0.2, -0.15) is 0 Å². The molecule has 0 radical (unpaired) electrons. The van der Waals surface area contributed by atoms with Crippen LogP contribution in [0.4, 0.5) is 0 Å². The second-order valence-corrected chi connectivity index (χ2v) is 9.14. The van der Waals surface area contributed by atoms with Crippen molar-refractivity contribution >= 4 is 17.4 Å². The highest BCUT2D eigenvalue weighted by atomic mass is 79.9. The number of Topliss-reactive ketones (excluding diaryl/α,β-unsaturated/α-hetero) is 1. The lowest BCUT2D eigenvalue weighted by atomic mass is 9.84. The lowest BCUT2D eigenvalue weighted by Gasteiger charge is -2.21. The minimum atomic E-state index is 0. The second-order valence-electron chi connectivity index (χ2n) is 8.70. The molecule has 0 amide bonds. The molecule has 5 heteroatoms. The van der Waals surface area contributed by atoms with E-state index < -0.39 is 0 Å². The zero-order valence-electron chi connectivity index (χ0n) is 17.7. The van der Waals surface area contributed by atoms with E-state index in [0.717, 1.165) is 35.5 Å². The molecule has 0 bridgehead atoms. The molecule has 0 N–H and O–H groups in total. The van der Waals surface area contributed by atoms with Crippen molar-refractivity contribution in [3.8, 4) is 11.3 Å². The minimum absolute atomic E-state index is 0. The van der Waals surface area contributed by atoms with Crippen molar-refractivity contribution in [1.82, 2.24) is 4.57 Å². The lowest BCUT2D eigenvalue weighted by Crippen LogP contribution is -3.00. The lowest BCUT2D eigenvalue weighted by molar-refractivity contribution is -0.689. The normalized spacial score (nSPS) is 16.0. The number of carbonyl (C=O) groups is 1. The average Bonchev–Trinajstić information content (AvgIpc) is 3.39. The van der Waals surface area contributed by atoms with Crippen molar-refractivity contribution in [2.75, 3.05) is 0 Å². The standard InChI is InChI=1S/C26H28ClN2O.BrH/c27-23-14-12-21(13-15-23)24-17-28(26-7-4-16-29(24)26)18-25(30)22-10-8-20(9-11-22)19-5-2-1-3-6-19;/h8-15,17,19H,1-7,16,18H2;1H/q+1;/p-1. The Morgan fingerprint density at radius 1 is 0.968 bits per heavy atom. The van der Waals surface area contributed by atoms with Crippen molar-refractivity contribution in [2.24, 2.45) is 0 Å². The summed E-state index contributed by atoms with van der Waals surface area (Å²) in [5, 5.41) is 0.742. The summed E-state index contributed by atoms with van der Waals surface area (Å²) in [5.41, 5.74) is 4.52. The van der Waals surface area contributed by atoms with E-state index >= 15 is 0 Å². The molecule has 1 fully saturated rings. The molecule has 3 aromatic rings. The maximum absolute atomic E-state index is 13.0. The fraction of sp³-hybridized carbons (Fsp3) is 0.385. The van der Waals surface area contributed by atoms with Crippen LogP contribution in [0.1, 0.15) is 66.2 Å². The minimum Gasteiger partial charge on any atom is -1.00 e. The Labute approximate surface area is 199 Å². The SMILES string of the molecule is O=C(C[n+]1cc(-c2ccc(Cl)cc2)n2c1CCC2)c1ccc(C2CCCCC2)cc1.[Br-]. The van der Waals surface area contributed by atoms with Crippen LogP contribution in [0, 0.1) is 0 Å². The molecule has 1 aliphatic carbocycles. The third-order valence-electron chi connectivity index (χ3n) is 6.76. The Morgan fingerprint density at radius 2 is 1.68 bits per heavy atom. The van der Waals surface area contributed by atoms with Gasteiger partial charge in [0.05, 0.1) is 13.0 Å². The van der Waals surface area contributed by atoms with Gasteiger partial charge in [-0.05, 0) is 55.0 Å². The summed E-state index contributed by atoms with van der Waals surface area (Å²) in [6, 6.07) is 16.4. The first-order valence-corrected chi connectivity index (χ1v) is 11.6. The largest absolute Gasteiger partial charge is 1.00 e. The van der Waals surface area contributed by atoms with Crippen molar-refractivity contribution < 1.29 is 26.3 Å². The van der Waals surface area contributed by atoms with E-state index in [4.69, 9.17) is 11.6 Å². The molecule has 0 saturated heterocycles. The van der Waals surface area contributed by atoms with Crippen LogP contribution >= 0.6 is 11.6 Å². The third kappa shape index (κ3) is 4.65. The third-order valence-corrected chi connectivity index (χ3v) is 7.01. The van der Waals surface area contributed by atoms with Gasteiger partial charge in [0.2, 0.25) is 5.78 Å². The number of ketones is 1. The Morgan fingerprint density at radius 3 is 2.39 bits per heavy atom. The summed E-state index contributed by atoms with van der Waals surface area (Å²) >= 11 is 6.06. The summed E-state index contributed by atoms with van der Waals surface area (Å²) in [6.07, 6.45) is 10.9. The summed E-state index contributed by atoms with van der Waals surface area (Å²) in [6.45, 7) is 1.40. The van der Waals surface area contributed by atoms with Crippen LogP contribution in [-0.4, -0.2) is 10.4 Å². The molecule has 0 atom stereocenters. The van der Waals surface area contributed by atoms with Crippen molar-refractivity contribution in [1.29, 1.82) is 0 Å². The van der Waals surface area contributed by atoms with Gasteiger partial charge in [0.25, 0.3) is 5.82 Å². The van der Waals surface area contributed by atoms with Gasteiger partial charge < -0.3 is 17.0 Å². The van der Waals surface area contributed by atoms with Gasteiger partial charge in [0.15, 0.2) is 12.2 Å². The molecule has 3 nitrogen and oxygen atoms in total. The second kappa shape index (κ2) is 9.70. The zero-order valence-corrected chi connectivity index (χ0v) is 20.0. The molecule has 162 valence electrons. The van der Waals surface area contributed by atoms with Crippen LogP contribution in [0.3, 0.4) is 0 Å². The first-order valence-electron chi connectivity index (χ1n) is 11.2. The number of hydrogen-bond acceptors (Lipinski definition) is 1. The Balaban J connectivity index is 0.00000231. The van der Waals surface area contributed by atoms with Gasteiger partial charge in [-0.15, -0.1) is 0 Å². The monoisotopic (exact) mass is 498 g/mol. The maximum Gasteiger partial charge on any atom is 0.257 e. The van der Waals surface area contributed by atoms with Crippen molar-refractivity contribution in [2.45, 2.75) is 64.0 Å². The molecule has 2 aliphatic rings. The van der Waals surface area contributed by atoms with E-state index in [1.54, 1.807) is 0 Å². The first-order chi connectivity index (χ1) is 14.7. The van der Waals surface area contributed by atoms with Crippen LogP contribution < -0.4 is 21.5 Å². The van der Waals surface area contributed by atoms with Crippen molar-refractivity contribution in [3.05, 3.63) is 76.7 Å². The number of benzene rings is 2. The van der Waals surface area contributed by atoms with E-state index in [0.29, 0.717) is 12.5 Å². The Kier molecular flexibility index (Phi) is 6.98. The molecule has 0 spiro atoms. The van der Waals surface area contributed by atoms with Crippen LogP contribution in [0.5, 0.6) is 0 Å². The number of carbonyl (C=O) groups excluding carboxylic acids is 1. The van der Waals surface area contributed by atoms with Crippen LogP contribution in [-0.2, 0) is 19.5 Å². The number of rotatable bonds is 5. The van der Waals surface area contributed by atoms with Crippen LogP contribution in [0.2, 0.25) is 5.02 Å². The zero-order chi connectivity index (χ0) is 20.5. The van der Waals surface area contributed by atoms with E-state index in [1.165, 1.54) is 49.2 Å². The van der Waals surface area contributed by atoms with Gasteiger partial charge >= 0.3 is 0 Å². The van der Waals surface area contributed by atoms with Gasteiger partial charge in [0.1, 0.15) is 6.20 Å². The molecule has 2 heterocycles. The molecule has 1 saturated carbocycles. The number of aromatic nitrogens is 2. The highest BCUT2D eigenvalue weighted by Gasteiger charge is 2.29. The molecule has 0 unspecified atom stereocenters. The smallest absolute Gasteiger partial charge is 0.257 e. The Hall–Kier alpha value is -1.91. The van der Waals surface area contributed by atoms with E-state index in [2.05, 4.69) is 39.6 Å². The summed E-state index contributed by atoms with van der Waals surface area (Å²) in [7, 11) is 0. The van der Waals surface area contributed by atoms with E-state index in [9.17, 15) is 4.79 Å². The molecule has 1 aliphatic heterocycles. The quantitative estimate of drug-likeness (QED) is 0.391. The number of fused-ring (bicyclic) bond motifs is 1. The van der Waals surface area contributed by atoms with E-state index in [-0.39, 0.29) is 22.8 Å². The fourth-order valence-electron chi connectivity index (χ4n) is 5.12. The predicted molar refractivity (Wildman–Crippen MR) is 120 cm³/mol. The Bertz CT molecular complexity index is 1050. The summed E-state index contributed by atoms with van der Waals surface area (Å²) in [4.78, 5) is 13.0. The first kappa shape index (κ1) is 22.3. The van der Waals surface area contributed by atoms with Gasteiger partial charge in [-0.3, -0.25) is 4.79 Å². The number of nitrogens with zero attached hydrogens (tertiary/aromatic N) is 2. The molecular formula is C26H28BrClN2O. The maximum atomic E-state index is 13.0. The molecule has 5 rings (SSSR count). The number of hydrogen-bond donors (Lipinski definition) is 0. The topological polar surface area (TPSA) is 25.9 Å². The molecule has 1 aromatic heterocycles. The predicted octanol–water partition coefficient (Wildman–Crippen LogP) is 2.98. The van der Waals surface area contributed by atoms with Crippen LogP contribution in [0.15, 0.2) is 54.7 Å². The van der Waals surface area contributed by atoms with Gasteiger partial charge in [0, 0.05) is 16.1 Å². The molecular weight excluding hydrogens is 472 g/mol. The van der Waals surface area contributed by atoms with Crippen LogP contribution in [0.25, 0.3) is 11.3 Å². The molecule has 31 heavy (non-hydrogen) atoms. The highest BCUT2D eigenvalue weighted by molar-refractivity contribution is 6.30. The molecule has 2 aromatic carbocycles.